The normalized spacial score (nSPS) is 12.7. The zero-order valence-corrected chi connectivity index (χ0v) is 8.57. The summed E-state index contributed by atoms with van der Waals surface area (Å²) < 4.78 is 5.68. The maximum Gasteiger partial charge on any atom is 0.0721 e. The second kappa shape index (κ2) is 6.54. The van der Waals surface area contributed by atoms with Crippen molar-refractivity contribution < 1.29 is 4.74 Å². The number of nitrogens with one attached hydrogen (secondary N) is 1. The van der Waals surface area contributed by atoms with Crippen molar-refractivity contribution in [3.05, 3.63) is 35.9 Å². The largest absolute Gasteiger partial charge is 0.372 e. The van der Waals surface area contributed by atoms with Gasteiger partial charge in [-0.2, -0.15) is 0 Å². The second-order valence-electron chi connectivity index (χ2n) is 3.24. The Morgan fingerprint density at radius 2 is 2.07 bits per heavy atom. The van der Waals surface area contributed by atoms with Gasteiger partial charge in [-0.25, -0.2) is 0 Å². The van der Waals surface area contributed by atoms with Gasteiger partial charge < -0.3 is 4.74 Å². The van der Waals surface area contributed by atoms with Crippen molar-refractivity contribution in [1.82, 2.24) is 5.43 Å². The fourth-order valence-corrected chi connectivity index (χ4v) is 1.24. The molecule has 0 saturated heterocycles. The van der Waals surface area contributed by atoms with Crippen LogP contribution in [0.5, 0.6) is 0 Å². The summed E-state index contributed by atoms with van der Waals surface area (Å²) in [5.74, 6) is 5.24. The lowest BCUT2D eigenvalue weighted by Gasteiger charge is -2.15. The van der Waals surface area contributed by atoms with E-state index in [4.69, 9.17) is 10.6 Å². The van der Waals surface area contributed by atoms with Crippen molar-refractivity contribution in [3.8, 4) is 0 Å². The Labute approximate surface area is 85.2 Å². The molecule has 3 nitrogen and oxygen atoms in total. The van der Waals surface area contributed by atoms with Gasteiger partial charge in [0.15, 0.2) is 0 Å². The number of ether oxygens (including phenoxy) is 1. The van der Waals surface area contributed by atoms with Gasteiger partial charge in [0, 0.05) is 6.54 Å². The summed E-state index contributed by atoms with van der Waals surface area (Å²) in [4.78, 5) is 0. The fraction of sp³-hybridized carbons (Fsp3) is 0.455. The highest BCUT2D eigenvalue weighted by atomic mass is 16.5. The predicted molar refractivity (Wildman–Crippen MR) is 57.5 cm³/mol. The van der Waals surface area contributed by atoms with E-state index in [9.17, 15) is 0 Å². The van der Waals surface area contributed by atoms with Crippen molar-refractivity contribution in [2.24, 2.45) is 5.84 Å². The standard InChI is InChI=1S/C11H18N2O/c1-2-11(8-13-12)14-9-10-6-4-3-5-7-10/h3-7,11,13H,2,8-9,12H2,1H3. The van der Waals surface area contributed by atoms with Gasteiger partial charge in [-0.1, -0.05) is 37.3 Å². The average molecular weight is 194 g/mol. The van der Waals surface area contributed by atoms with Crippen molar-refractivity contribution >= 4 is 0 Å². The summed E-state index contributed by atoms with van der Waals surface area (Å²) in [6, 6.07) is 10.1. The number of hydrazine groups is 1. The predicted octanol–water partition coefficient (Wildman–Crippen LogP) is 1.45. The molecule has 1 rings (SSSR count). The first-order valence-corrected chi connectivity index (χ1v) is 4.95. The van der Waals surface area contributed by atoms with Gasteiger partial charge >= 0.3 is 0 Å². The summed E-state index contributed by atoms with van der Waals surface area (Å²) in [7, 11) is 0. The lowest BCUT2D eigenvalue weighted by atomic mass is 10.2. The molecule has 0 bridgehead atoms. The average Bonchev–Trinajstić information content (AvgIpc) is 2.25. The molecule has 1 aromatic carbocycles. The van der Waals surface area contributed by atoms with Crippen LogP contribution < -0.4 is 11.3 Å². The smallest absolute Gasteiger partial charge is 0.0721 e. The van der Waals surface area contributed by atoms with Crippen LogP contribution in [0.25, 0.3) is 0 Å². The SMILES string of the molecule is CCC(CNN)OCc1ccccc1. The van der Waals surface area contributed by atoms with Gasteiger partial charge in [0.1, 0.15) is 0 Å². The Bertz CT molecular complexity index is 238. The second-order valence-corrected chi connectivity index (χ2v) is 3.24. The number of hydrogen-bond acceptors (Lipinski definition) is 3. The highest BCUT2D eigenvalue weighted by molar-refractivity contribution is 5.13. The van der Waals surface area contributed by atoms with E-state index < -0.39 is 0 Å². The Morgan fingerprint density at radius 1 is 1.36 bits per heavy atom. The zero-order valence-electron chi connectivity index (χ0n) is 8.57. The van der Waals surface area contributed by atoms with Gasteiger partial charge in [0.05, 0.1) is 12.7 Å². The molecular formula is C11H18N2O. The third kappa shape index (κ3) is 3.87. The van der Waals surface area contributed by atoms with E-state index in [0.717, 1.165) is 6.42 Å². The first-order valence-electron chi connectivity index (χ1n) is 4.95. The Kier molecular flexibility index (Phi) is 5.22. The van der Waals surface area contributed by atoms with Crippen molar-refractivity contribution in [3.63, 3.8) is 0 Å². The number of benzene rings is 1. The first kappa shape index (κ1) is 11.2. The van der Waals surface area contributed by atoms with Crippen molar-refractivity contribution in [1.29, 1.82) is 0 Å². The monoisotopic (exact) mass is 194 g/mol. The zero-order chi connectivity index (χ0) is 10.2. The Morgan fingerprint density at radius 3 is 2.64 bits per heavy atom. The molecule has 0 aliphatic rings. The molecule has 1 unspecified atom stereocenters. The van der Waals surface area contributed by atoms with Crippen LogP contribution in [0.3, 0.4) is 0 Å². The molecule has 0 heterocycles. The Balaban J connectivity index is 2.32. The number of hydrogen-bond donors (Lipinski definition) is 2. The lowest BCUT2D eigenvalue weighted by molar-refractivity contribution is 0.0385. The van der Waals surface area contributed by atoms with Crippen LogP contribution in [0.2, 0.25) is 0 Å². The molecule has 0 aliphatic heterocycles. The molecule has 78 valence electrons. The van der Waals surface area contributed by atoms with E-state index in [1.807, 2.05) is 18.2 Å². The van der Waals surface area contributed by atoms with E-state index in [-0.39, 0.29) is 6.10 Å². The molecule has 3 N–H and O–H groups in total. The lowest BCUT2D eigenvalue weighted by Crippen LogP contribution is -2.33. The molecule has 14 heavy (non-hydrogen) atoms. The summed E-state index contributed by atoms with van der Waals surface area (Å²) in [6.45, 7) is 3.44. The summed E-state index contributed by atoms with van der Waals surface area (Å²) >= 11 is 0. The molecule has 0 saturated carbocycles. The van der Waals surface area contributed by atoms with Gasteiger partial charge in [0.2, 0.25) is 0 Å². The van der Waals surface area contributed by atoms with Gasteiger partial charge in [-0.3, -0.25) is 11.3 Å². The van der Waals surface area contributed by atoms with Crippen LogP contribution in [-0.2, 0) is 11.3 Å². The molecule has 3 heteroatoms. The minimum atomic E-state index is 0.195. The summed E-state index contributed by atoms with van der Waals surface area (Å²) in [6.07, 6.45) is 1.16. The highest BCUT2D eigenvalue weighted by Gasteiger charge is 2.04. The molecule has 0 radical (unpaired) electrons. The molecule has 0 fully saturated rings. The minimum absolute atomic E-state index is 0.195. The molecular weight excluding hydrogens is 176 g/mol. The quantitative estimate of drug-likeness (QED) is 0.532. The van der Waals surface area contributed by atoms with Crippen LogP contribution >= 0.6 is 0 Å². The maximum absolute atomic E-state index is 5.68. The first-order chi connectivity index (χ1) is 6.86. The molecule has 0 spiro atoms. The van der Waals surface area contributed by atoms with Crippen LogP contribution in [0.1, 0.15) is 18.9 Å². The summed E-state index contributed by atoms with van der Waals surface area (Å²) in [5, 5.41) is 0. The topological polar surface area (TPSA) is 47.3 Å². The van der Waals surface area contributed by atoms with Crippen LogP contribution in [0.4, 0.5) is 0 Å². The number of rotatable bonds is 6. The third-order valence-corrected chi connectivity index (χ3v) is 2.13. The van der Waals surface area contributed by atoms with Crippen LogP contribution in [-0.4, -0.2) is 12.6 Å². The molecule has 1 aromatic rings. The Hall–Kier alpha value is -0.900. The van der Waals surface area contributed by atoms with Crippen molar-refractivity contribution in [2.45, 2.75) is 26.1 Å². The molecule has 0 aliphatic carbocycles. The van der Waals surface area contributed by atoms with Gasteiger partial charge in [-0.15, -0.1) is 0 Å². The van der Waals surface area contributed by atoms with Gasteiger partial charge in [0.25, 0.3) is 0 Å². The highest BCUT2D eigenvalue weighted by Crippen LogP contribution is 2.04. The van der Waals surface area contributed by atoms with E-state index >= 15 is 0 Å². The molecule has 1 atom stereocenters. The van der Waals surface area contributed by atoms with Crippen LogP contribution in [0, 0.1) is 0 Å². The van der Waals surface area contributed by atoms with E-state index in [1.165, 1.54) is 5.56 Å². The minimum Gasteiger partial charge on any atom is -0.372 e. The van der Waals surface area contributed by atoms with Crippen LogP contribution in [0.15, 0.2) is 30.3 Å². The van der Waals surface area contributed by atoms with Crippen molar-refractivity contribution in [2.75, 3.05) is 6.54 Å². The van der Waals surface area contributed by atoms with E-state index in [0.29, 0.717) is 13.2 Å². The van der Waals surface area contributed by atoms with E-state index in [1.54, 1.807) is 0 Å². The molecule has 0 amide bonds. The third-order valence-electron chi connectivity index (χ3n) is 2.13. The maximum atomic E-state index is 5.68. The number of nitrogens with two attached hydrogens (primary N) is 1. The summed E-state index contributed by atoms with van der Waals surface area (Å²) in [5.41, 5.74) is 3.83. The van der Waals surface area contributed by atoms with E-state index in [2.05, 4.69) is 24.5 Å². The molecule has 0 aromatic heterocycles. The fourth-order valence-electron chi connectivity index (χ4n) is 1.24. The van der Waals surface area contributed by atoms with Gasteiger partial charge in [-0.05, 0) is 12.0 Å².